The highest BCUT2D eigenvalue weighted by molar-refractivity contribution is 4.78. The van der Waals surface area contributed by atoms with Crippen molar-refractivity contribution in [2.75, 3.05) is 7.05 Å². The second-order valence-electron chi connectivity index (χ2n) is 3.29. The average molecular weight is 143 g/mol. The fourth-order valence-electron chi connectivity index (χ4n) is 0.308. The van der Waals surface area contributed by atoms with E-state index in [1.165, 1.54) is 0 Å². The molecule has 0 bridgehead atoms. The van der Waals surface area contributed by atoms with Gasteiger partial charge in [0.1, 0.15) is 0 Å². The smallest absolute Gasteiger partial charge is 0.0532 e. The van der Waals surface area contributed by atoms with Crippen LogP contribution >= 0.6 is 0 Å². The molecule has 0 amide bonds. The Morgan fingerprint density at radius 3 is 2.10 bits per heavy atom. The standard InChI is InChI=1S/C7H17N3/c1-6(2)7(3,4)9-10-8-5/h6H,1-5H3,(H,8,9). The third-order valence-corrected chi connectivity index (χ3v) is 1.88. The summed E-state index contributed by atoms with van der Waals surface area (Å²) in [6.45, 7) is 8.51. The topological polar surface area (TPSA) is 36.8 Å². The number of hydrogen-bond donors (Lipinski definition) is 1. The van der Waals surface area contributed by atoms with Crippen molar-refractivity contribution < 1.29 is 0 Å². The molecule has 60 valence electrons. The Balaban J connectivity index is 3.86. The summed E-state index contributed by atoms with van der Waals surface area (Å²) in [6, 6.07) is 0. The molecule has 0 radical (unpaired) electrons. The van der Waals surface area contributed by atoms with Gasteiger partial charge in [0, 0.05) is 0 Å². The number of nitrogens with one attached hydrogen (secondary N) is 1. The highest BCUT2D eigenvalue weighted by Gasteiger charge is 2.20. The van der Waals surface area contributed by atoms with Crippen LogP contribution in [0, 0.1) is 5.92 Å². The zero-order valence-electron chi connectivity index (χ0n) is 7.47. The molecule has 0 atom stereocenters. The Hall–Kier alpha value is -0.600. The van der Waals surface area contributed by atoms with Crippen molar-refractivity contribution in [2.24, 2.45) is 16.3 Å². The molecule has 0 aliphatic carbocycles. The fraction of sp³-hybridized carbons (Fsp3) is 1.00. The molecule has 0 rings (SSSR count). The number of nitrogens with zero attached hydrogens (tertiary/aromatic N) is 2. The van der Waals surface area contributed by atoms with Crippen LogP contribution in [0.3, 0.4) is 0 Å². The summed E-state index contributed by atoms with van der Waals surface area (Å²) < 4.78 is 0. The summed E-state index contributed by atoms with van der Waals surface area (Å²) >= 11 is 0. The highest BCUT2D eigenvalue weighted by Crippen LogP contribution is 2.14. The molecule has 0 aromatic heterocycles. The summed E-state index contributed by atoms with van der Waals surface area (Å²) in [5.74, 6) is 0.554. The Kier molecular flexibility index (Phi) is 3.33. The first kappa shape index (κ1) is 9.40. The van der Waals surface area contributed by atoms with Gasteiger partial charge in [-0.15, -0.1) is 0 Å². The summed E-state index contributed by atoms with van der Waals surface area (Å²) in [5, 5.41) is 7.36. The lowest BCUT2D eigenvalue weighted by molar-refractivity contribution is 0.286. The van der Waals surface area contributed by atoms with E-state index in [2.05, 4.69) is 43.5 Å². The molecule has 0 aliphatic heterocycles. The molecule has 0 spiro atoms. The minimum absolute atomic E-state index is 0.0412. The molecule has 0 fully saturated rings. The molecule has 1 N–H and O–H groups in total. The molecule has 0 aromatic carbocycles. The van der Waals surface area contributed by atoms with Gasteiger partial charge in [-0.05, 0) is 19.8 Å². The largest absolute Gasteiger partial charge is 0.286 e. The summed E-state index contributed by atoms with van der Waals surface area (Å²) in [4.78, 5) is 0. The fourth-order valence-corrected chi connectivity index (χ4v) is 0.308. The van der Waals surface area contributed by atoms with E-state index in [1.54, 1.807) is 7.05 Å². The lowest BCUT2D eigenvalue weighted by atomic mass is 9.92. The minimum Gasteiger partial charge on any atom is -0.286 e. The first-order valence-corrected chi connectivity index (χ1v) is 3.56. The molecule has 3 nitrogen and oxygen atoms in total. The zero-order valence-corrected chi connectivity index (χ0v) is 7.47. The average Bonchev–Trinajstić information content (AvgIpc) is 1.84. The van der Waals surface area contributed by atoms with Crippen molar-refractivity contribution >= 4 is 0 Å². The first-order chi connectivity index (χ1) is 4.50. The molecule has 0 heterocycles. The lowest BCUT2D eigenvalue weighted by Crippen LogP contribution is -2.40. The molecule has 0 saturated carbocycles. The van der Waals surface area contributed by atoms with E-state index < -0.39 is 0 Å². The summed E-state index contributed by atoms with van der Waals surface area (Å²) in [5.41, 5.74) is 3.01. The second kappa shape index (κ2) is 3.54. The first-order valence-electron chi connectivity index (χ1n) is 3.56. The van der Waals surface area contributed by atoms with Crippen LogP contribution in [-0.4, -0.2) is 12.6 Å². The van der Waals surface area contributed by atoms with Gasteiger partial charge in [0.25, 0.3) is 0 Å². The maximum absolute atomic E-state index is 3.74. The van der Waals surface area contributed by atoms with Crippen LogP contribution in [0.5, 0.6) is 0 Å². The molecular formula is C7H17N3. The van der Waals surface area contributed by atoms with Crippen molar-refractivity contribution in [1.82, 2.24) is 5.43 Å². The van der Waals surface area contributed by atoms with Crippen LogP contribution < -0.4 is 5.43 Å². The van der Waals surface area contributed by atoms with Gasteiger partial charge in [0.15, 0.2) is 0 Å². The third-order valence-electron chi connectivity index (χ3n) is 1.88. The van der Waals surface area contributed by atoms with Gasteiger partial charge < -0.3 is 0 Å². The van der Waals surface area contributed by atoms with Gasteiger partial charge in [0.2, 0.25) is 0 Å². The number of hydrogen-bond acceptors (Lipinski definition) is 2. The Bertz CT molecular complexity index is 116. The van der Waals surface area contributed by atoms with Gasteiger partial charge >= 0.3 is 0 Å². The molecular weight excluding hydrogens is 126 g/mol. The van der Waals surface area contributed by atoms with Crippen molar-refractivity contribution in [3.63, 3.8) is 0 Å². The quantitative estimate of drug-likeness (QED) is 0.476. The van der Waals surface area contributed by atoms with E-state index in [0.29, 0.717) is 5.92 Å². The van der Waals surface area contributed by atoms with Crippen LogP contribution in [0.15, 0.2) is 10.3 Å². The van der Waals surface area contributed by atoms with Crippen molar-refractivity contribution in [2.45, 2.75) is 33.2 Å². The normalized spacial score (nSPS) is 13.0. The van der Waals surface area contributed by atoms with Gasteiger partial charge in [-0.2, -0.15) is 5.11 Å². The molecule has 0 aliphatic rings. The predicted octanol–water partition coefficient (Wildman–Crippen LogP) is 2.01. The van der Waals surface area contributed by atoms with Crippen LogP contribution in [0.4, 0.5) is 0 Å². The third kappa shape index (κ3) is 2.80. The van der Waals surface area contributed by atoms with E-state index in [1.807, 2.05) is 0 Å². The summed E-state index contributed by atoms with van der Waals surface area (Å²) in [6.07, 6.45) is 0. The van der Waals surface area contributed by atoms with E-state index >= 15 is 0 Å². The zero-order chi connectivity index (χ0) is 8.20. The molecule has 0 aromatic rings. The lowest BCUT2D eigenvalue weighted by Gasteiger charge is -2.27. The van der Waals surface area contributed by atoms with Crippen molar-refractivity contribution in [1.29, 1.82) is 0 Å². The number of rotatable bonds is 3. The van der Waals surface area contributed by atoms with Gasteiger partial charge in [-0.25, -0.2) is 0 Å². The second-order valence-corrected chi connectivity index (χ2v) is 3.29. The van der Waals surface area contributed by atoms with Gasteiger partial charge in [-0.1, -0.05) is 19.1 Å². The van der Waals surface area contributed by atoms with Gasteiger partial charge in [0.05, 0.1) is 12.6 Å². The van der Waals surface area contributed by atoms with Crippen molar-refractivity contribution in [3.8, 4) is 0 Å². The van der Waals surface area contributed by atoms with Gasteiger partial charge in [-0.3, -0.25) is 5.43 Å². The van der Waals surface area contributed by atoms with E-state index in [9.17, 15) is 0 Å². The SMILES string of the molecule is CN=NNC(C)(C)C(C)C. The molecule has 10 heavy (non-hydrogen) atoms. The van der Waals surface area contributed by atoms with Crippen LogP contribution in [0.1, 0.15) is 27.7 Å². The van der Waals surface area contributed by atoms with E-state index in [4.69, 9.17) is 0 Å². The maximum atomic E-state index is 3.74. The highest BCUT2D eigenvalue weighted by atomic mass is 15.4. The molecule has 0 saturated heterocycles. The van der Waals surface area contributed by atoms with Crippen LogP contribution in [0.2, 0.25) is 0 Å². The van der Waals surface area contributed by atoms with Crippen LogP contribution in [-0.2, 0) is 0 Å². The van der Waals surface area contributed by atoms with Crippen LogP contribution in [0.25, 0.3) is 0 Å². The Labute approximate surface area is 62.9 Å². The van der Waals surface area contributed by atoms with E-state index in [0.717, 1.165) is 0 Å². The predicted molar refractivity (Wildman–Crippen MR) is 42.8 cm³/mol. The monoisotopic (exact) mass is 143 g/mol. The summed E-state index contributed by atoms with van der Waals surface area (Å²) in [7, 11) is 1.66. The molecule has 0 unspecified atom stereocenters. The Morgan fingerprint density at radius 1 is 1.30 bits per heavy atom. The maximum Gasteiger partial charge on any atom is 0.0532 e. The van der Waals surface area contributed by atoms with E-state index in [-0.39, 0.29) is 5.54 Å². The minimum atomic E-state index is 0.0412. The molecule has 3 heteroatoms. The Morgan fingerprint density at radius 2 is 1.80 bits per heavy atom. The van der Waals surface area contributed by atoms with Crippen molar-refractivity contribution in [3.05, 3.63) is 0 Å².